The molecule has 2 rings (SSSR count). The van der Waals surface area contributed by atoms with Crippen molar-refractivity contribution in [3.8, 4) is 0 Å². The van der Waals surface area contributed by atoms with Gasteiger partial charge in [-0.3, -0.25) is 4.79 Å². The van der Waals surface area contributed by atoms with Gasteiger partial charge in [-0.15, -0.1) is 0 Å². The van der Waals surface area contributed by atoms with Crippen LogP contribution < -0.4 is 0 Å². The number of Topliss-reactive ketones (excluding diaryl/α,β-unsaturated/α-hetero) is 1. The van der Waals surface area contributed by atoms with E-state index in [-0.39, 0.29) is 5.78 Å². The van der Waals surface area contributed by atoms with Gasteiger partial charge in [0.05, 0.1) is 18.6 Å². The predicted molar refractivity (Wildman–Crippen MR) is 83.4 cm³/mol. The summed E-state index contributed by atoms with van der Waals surface area (Å²) in [5.41, 5.74) is 1.57. The number of hydrogen-bond acceptors (Lipinski definition) is 4. The van der Waals surface area contributed by atoms with Gasteiger partial charge in [0.2, 0.25) is 0 Å². The third-order valence-electron chi connectivity index (χ3n) is 3.63. The molecule has 0 spiro atoms. The quantitative estimate of drug-likeness (QED) is 0.796. The van der Waals surface area contributed by atoms with Crippen molar-refractivity contribution in [2.24, 2.45) is 0 Å². The molecule has 1 heterocycles. The number of methoxy groups -OCH3 is 1. The first-order chi connectivity index (χ1) is 10.4. The second-order valence-electron chi connectivity index (χ2n) is 5.07. The lowest BCUT2D eigenvalue weighted by atomic mass is 9.80. The van der Waals surface area contributed by atoms with Gasteiger partial charge in [-0.1, -0.05) is 23.7 Å². The third kappa shape index (κ3) is 2.92. The summed E-state index contributed by atoms with van der Waals surface area (Å²) >= 11 is 5.93. The fourth-order valence-corrected chi connectivity index (χ4v) is 2.83. The molecule has 0 bridgehead atoms. The Bertz CT molecular complexity index is 683. The van der Waals surface area contributed by atoms with E-state index in [2.05, 4.69) is 0 Å². The summed E-state index contributed by atoms with van der Waals surface area (Å²) < 4.78 is 10.4. The Kier molecular flexibility index (Phi) is 4.71. The Morgan fingerprint density at radius 3 is 2.14 bits per heavy atom. The maximum absolute atomic E-state index is 12.2. The van der Waals surface area contributed by atoms with Gasteiger partial charge in [-0.2, -0.15) is 0 Å². The summed E-state index contributed by atoms with van der Waals surface area (Å²) in [6.07, 6.45) is 0. The largest absolute Gasteiger partial charge is 0.466 e. The minimum absolute atomic E-state index is 0.147. The van der Waals surface area contributed by atoms with Crippen molar-refractivity contribution in [3.63, 3.8) is 0 Å². The highest BCUT2D eigenvalue weighted by Crippen LogP contribution is 2.41. The molecule has 0 fully saturated rings. The van der Waals surface area contributed by atoms with E-state index in [1.807, 2.05) is 0 Å². The van der Waals surface area contributed by atoms with Crippen LogP contribution in [0.5, 0.6) is 0 Å². The first-order valence-corrected chi connectivity index (χ1v) is 7.18. The van der Waals surface area contributed by atoms with E-state index in [1.54, 1.807) is 38.1 Å². The van der Waals surface area contributed by atoms with Crippen molar-refractivity contribution < 1.29 is 19.1 Å². The highest BCUT2D eigenvalue weighted by molar-refractivity contribution is 6.30. The second kappa shape index (κ2) is 6.36. The van der Waals surface area contributed by atoms with E-state index in [9.17, 15) is 9.59 Å². The molecule has 22 heavy (non-hydrogen) atoms. The monoisotopic (exact) mass is 320 g/mol. The molecule has 116 valence electrons. The molecule has 1 aromatic carbocycles. The topological polar surface area (TPSA) is 52.6 Å². The van der Waals surface area contributed by atoms with E-state index in [0.29, 0.717) is 27.7 Å². The van der Waals surface area contributed by atoms with Crippen molar-refractivity contribution in [2.45, 2.75) is 26.7 Å². The molecule has 0 saturated carbocycles. The first-order valence-electron chi connectivity index (χ1n) is 6.81. The van der Waals surface area contributed by atoms with Gasteiger partial charge in [-0.25, -0.2) is 4.79 Å². The number of ether oxygens (including phenoxy) is 2. The second-order valence-corrected chi connectivity index (χ2v) is 5.51. The number of hydrogen-bond donors (Lipinski definition) is 0. The van der Waals surface area contributed by atoms with Crippen LogP contribution in [0.4, 0.5) is 0 Å². The van der Waals surface area contributed by atoms with Crippen LogP contribution in [0, 0.1) is 0 Å². The lowest BCUT2D eigenvalue weighted by Gasteiger charge is -2.29. The Labute approximate surface area is 134 Å². The molecule has 1 atom stereocenters. The van der Waals surface area contributed by atoms with Crippen molar-refractivity contribution in [1.82, 2.24) is 0 Å². The van der Waals surface area contributed by atoms with Crippen LogP contribution in [0.15, 0.2) is 46.9 Å². The van der Waals surface area contributed by atoms with Gasteiger partial charge in [0, 0.05) is 10.6 Å². The molecule has 0 aliphatic carbocycles. The molecular weight excluding hydrogens is 304 g/mol. The van der Waals surface area contributed by atoms with Crippen molar-refractivity contribution >= 4 is 23.4 Å². The molecule has 1 aliphatic heterocycles. The van der Waals surface area contributed by atoms with Gasteiger partial charge in [0.25, 0.3) is 0 Å². The highest BCUT2D eigenvalue weighted by Gasteiger charge is 2.36. The molecule has 5 heteroatoms. The maximum atomic E-state index is 12.2. The van der Waals surface area contributed by atoms with Crippen LogP contribution in [0.1, 0.15) is 32.3 Å². The molecule has 0 N–H and O–H groups in total. The normalized spacial score (nSPS) is 18.1. The minimum atomic E-state index is -0.518. The van der Waals surface area contributed by atoms with E-state index < -0.39 is 11.9 Å². The summed E-state index contributed by atoms with van der Waals surface area (Å²) in [6, 6.07) is 7.04. The number of halogens is 1. The van der Waals surface area contributed by atoms with Gasteiger partial charge in [0.15, 0.2) is 5.78 Å². The van der Waals surface area contributed by atoms with Crippen LogP contribution in [0.25, 0.3) is 0 Å². The van der Waals surface area contributed by atoms with Gasteiger partial charge in [-0.05, 0) is 38.5 Å². The Morgan fingerprint density at radius 2 is 1.64 bits per heavy atom. The number of carbonyl (C=O) groups is 2. The van der Waals surface area contributed by atoms with Crippen LogP contribution in [0.2, 0.25) is 5.02 Å². The van der Waals surface area contributed by atoms with E-state index >= 15 is 0 Å². The Balaban J connectivity index is 2.66. The average Bonchev–Trinajstić information content (AvgIpc) is 2.46. The molecular formula is C17H17ClO4. The number of carbonyl (C=O) groups excluding carboxylic acids is 2. The lowest BCUT2D eigenvalue weighted by Crippen LogP contribution is -2.25. The number of ketones is 1. The average molecular weight is 321 g/mol. The standard InChI is InChI=1S/C17H17ClO4/c1-9(19)14-10(2)22-11(3)15(17(20)21-4)16(14)12-5-7-13(18)8-6-12/h5-8,16H,1-4H3/t16-/m1/s1. The number of benzene rings is 1. The number of esters is 1. The van der Waals surface area contributed by atoms with E-state index in [0.717, 1.165) is 5.56 Å². The zero-order chi connectivity index (χ0) is 16.4. The maximum Gasteiger partial charge on any atom is 0.338 e. The molecule has 0 amide bonds. The third-order valence-corrected chi connectivity index (χ3v) is 3.88. The van der Waals surface area contributed by atoms with Gasteiger partial charge < -0.3 is 9.47 Å². The fraction of sp³-hybridized carbons (Fsp3) is 0.294. The van der Waals surface area contributed by atoms with E-state index in [1.165, 1.54) is 14.0 Å². The van der Waals surface area contributed by atoms with Gasteiger partial charge >= 0.3 is 5.97 Å². The molecule has 1 aliphatic rings. The molecule has 0 unspecified atom stereocenters. The minimum Gasteiger partial charge on any atom is -0.466 e. The summed E-state index contributed by atoms with van der Waals surface area (Å²) in [4.78, 5) is 24.3. The molecule has 0 radical (unpaired) electrons. The number of rotatable bonds is 3. The first kappa shape index (κ1) is 16.3. The van der Waals surface area contributed by atoms with Crippen LogP contribution in [-0.2, 0) is 19.1 Å². The smallest absolute Gasteiger partial charge is 0.338 e. The highest BCUT2D eigenvalue weighted by atomic mass is 35.5. The predicted octanol–water partition coefficient (Wildman–Crippen LogP) is 3.76. The summed E-state index contributed by atoms with van der Waals surface area (Å²) in [5.74, 6) is -0.238. The zero-order valence-electron chi connectivity index (χ0n) is 12.9. The molecule has 0 saturated heterocycles. The fourth-order valence-electron chi connectivity index (χ4n) is 2.70. The lowest BCUT2D eigenvalue weighted by molar-refractivity contribution is -0.136. The Hall–Kier alpha value is -2.07. The SMILES string of the molecule is COC(=O)C1=C(C)OC(C)=C(C(C)=O)[C@H]1c1ccc(Cl)cc1. The summed E-state index contributed by atoms with van der Waals surface area (Å²) in [7, 11) is 1.31. The Morgan fingerprint density at radius 1 is 1.09 bits per heavy atom. The molecule has 1 aromatic rings. The summed E-state index contributed by atoms with van der Waals surface area (Å²) in [5, 5.41) is 0.584. The molecule has 0 aromatic heterocycles. The van der Waals surface area contributed by atoms with Crippen LogP contribution >= 0.6 is 11.6 Å². The summed E-state index contributed by atoms with van der Waals surface area (Å²) in [6.45, 7) is 4.87. The zero-order valence-corrected chi connectivity index (χ0v) is 13.7. The van der Waals surface area contributed by atoms with Crippen molar-refractivity contribution in [1.29, 1.82) is 0 Å². The number of allylic oxidation sites excluding steroid dienone is 3. The van der Waals surface area contributed by atoms with E-state index in [4.69, 9.17) is 21.1 Å². The van der Waals surface area contributed by atoms with Crippen molar-refractivity contribution in [3.05, 3.63) is 57.5 Å². The van der Waals surface area contributed by atoms with Crippen LogP contribution in [-0.4, -0.2) is 18.9 Å². The van der Waals surface area contributed by atoms with Crippen molar-refractivity contribution in [2.75, 3.05) is 7.11 Å². The van der Waals surface area contributed by atoms with Gasteiger partial charge in [0.1, 0.15) is 11.5 Å². The van der Waals surface area contributed by atoms with Crippen LogP contribution in [0.3, 0.4) is 0 Å². The molecule has 4 nitrogen and oxygen atoms in total.